The first kappa shape index (κ1) is 9.98. The molecule has 1 aromatic heterocycles. The maximum Gasteiger partial charge on any atom is 0.0484 e. The molecule has 4 aromatic rings. The highest BCUT2D eigenvalue weighted by molar-refractivity contribution is 6.36. The second kappa shape index (κ2) is 3.50. The van der Waals surface area contributed by atoms with Gasteiger partial charge < -0.3 is 4.98 Å². The molecule has 0 aliphatic rings. The molecule has 0 aliphatic carbocycles. The summed E-state index contributed by atoms with van der Waals surface area (Å²) in [4.78, 5) is 3.45. The molecule has 0 unspecified atom stereocenters. The number of hydrogen-bond donors (Lipinski definition) is 1. The van der Waals surface area contributed by atoms with Gasteiger partial charge in [0.1, 0.15) is 0 Å². The van der Waals surface area contributed by atoms with Gasteiger partial charge in [0.05, 0.1) is 0 Å². The first-order valence-electron chi connectivity index (χ1n) is 5.92. The average molecular weight is 252 g/mol. The van der Waals surface area contributed by atoms with Gasteiger partial charge in [-0.15, -0.1) is 0 Å². The van der Waals surface area contributed by atoms with Crippen LogP contribution in [0.25, 0.3) is 32.6 Å². The minimum atomic E-state index is 0.805. The summed E-state index contributed by atoms with van der Waals surface area (Å²) in [7, 11) is 0. The summed E-state index contributed by atoms with van der Waals surface area (Å²) < 4.78 is 0. The van der Waals surface area contributed by atoms with Crippen LogP contribution in [0, 0.1) is 0 Å². The average Bonchev–Trinajstić information content (AvgIpc) is 2.75. The van der Waals surface area contributed by atoms with E-state index < -0.39 is 0 Å². The van der Waals surface area contributed by atoms with E-state index in [-0.39, 0.29) is 0 Å². The predicted octanol–water partition coefficient (Wildman–Crippen LogP) is 5.13. The van der Waals surface area contributed by atoms with Crippen molar-refractivity contribution in [3.63, 3.8) is 0 Å². The van der Waals surface area contributed by atoms with Crippen LogP contribution in [0.15, 0.2) is 54.6 Å². The molecule has 0 saturated carbocycles. The third-order valence-corrected chi connectivity index (χ3v) is 3.78. The zero-order valence-corrected chi connectivity index (χ0v) is 10.3. The van der Waals surface area contributed by atoms with Crippen LogP contribution in [-0.4, -0.2) is 4.98 Å². The van der Waals surface area contributed by atoms with E-state index in [0.29, 0.717) is 0 Å². The van der Waals surface area contributed by atoms with Gasteiger partial charge in [-0.05, 0) is 29.7 Å². The molecule has 86 valence electrons. The summed E-state index contributed by atoms with van der Waals surface area (Å²) in [5.74, 6) is 0. The van der Waals surface area contributed by atoms with Gasteiger partial charge in [0.2, 0.25) is 0 Å². The summed E-state index contributed by atoms with van der Waals surface area (Å²) in [5, 5.41) is 5.55. The van der Waals surface area contributed by atoms with E-state index in [0.717, 1.165) is 15.9 Å². The lowest BCUT2D eigenvalue weighted by atomic mass is 10.1. The number of hydrogen-bond acceptors (Lipinski definition) is 0. The largest absolute Gasteiger partial charge is 0.354 e. The molecule has 3 aromatic carbocycles. The van der Waals surface area contributed by atoms with Crippen molar-refractivity contribution in [2.75, 3.05) is 0 Å². The predicted molar refractivity (Wildman–Crippen MR) is 78.3 cm³/mol. The monoisotopic (exact) mass is 251 g/mol. The van der Waals surface area contributed by atoms with E-state index in [9.17, 15) is 0 Å². The Morgan fingerprint density at radius 2 is 1.61 bits per heavy atom. The third-order valence-electron chi connectivity index (χ3n) is 3.45. The van der Waals surface area contributed by atoms with Crippen molar-refractivity contribution >= 4 is 44.2 Å². The van der Waals surface area contributed by atoms with E-state index in [1.54, 1.807) is 0 Å². The Balaban J connectivity index is 2.28. The van der Waals surface area contributed by atoms with Crippen LogP contribution in [0.3, 0.4) is 0 Å². The van der Waals surface area contributed by atoms with Gasteiger partial charge in [-0.25, -0.2) is 0 Å². The number of aromatic amines is 1. The van der Waals surface area contributed by atoms with Crippen molar-refractivity contribution in [1.82, 2.24) is 4.98 Å². The Bertz CT molecular complexity index is 889. The topological polar surface area (TPSA) is 15.8 Å². The van der Waals surface area contributed by atoms with Gasteiger partial charge in [-0.3, -0.25) is 0 Å². The molecule has 0 bridgehead atoms. The van der Waals surface area contributed by atoms with Crippen molar-refractivity contribution in [3.05, 3.63) is 59.6 Å². The number of fused-ring (bicyclic) bond motifs is 4. The standard InChI is InChI=1S/C16H10ClN/c17-14-6-3-4-10-8-16-13(9-12(10)14)11-5-1-2-7-15(11)18-16/h1-9,18H. The van der Waals surface area contributed by atoms with Crippen LogP contribution >= 0.6 is 11.6 Å². The fraction of sp³-hybridized carbons (Fsp3) is 0. The van der Waals surface area contributed by atoms with Crippen LogP contribution in [0.5, 0.6) is 0 Å². The highest BCUT2D eigenvalue weighted by atomic mass is 35.5. The number of rotatable bonds is 0. The molecule has 4 rings (SSSR count). The molecule has 0 spiro atoms. The molecule has 0 saturated heterocycles. The summed E-state index contributed by atoms with van der Waals surface area (Å²) in [6.07, 6.45) is 0. The summed E-state index contributed by atoms with van der Waals surface area (Å²) in [5.41, 5.74) is 2.32. The lowest BCUT2D eigenvalue weighted by Crippen LogP contribution is -1.75. The molecule has 0 fully saturated rings. The zero-order valence-electron chi connectivity index (χ0n) is 9.57. The Morgan fingerprint density at radius 3 is 2.56 bits per heavy atom. The molecular weight excluding hydrogens is 242 g/mol. The fourth-order valence-corrected chi connectivity index (χ4v) is 2.82. The quantitative estimate of drug-likeness (QED) is 0.446. The van der Waals surface area contributed by atoms with Gasteiger partial charge in [0, 0.05) is 32.2 Å². The number of aromatic nitrogens is 1. The van der Waals surface area contributed by atoms with Crippen LogP contribution < -0.4 is 0 Å². The Morgan fingerprint density at radius 1 is 0.722 bits per heavy atom. The maximum absolute atomic E-state index is 6.27. The normalized spacial score (nSPS) is 11.6. The lowest BCUT2D eigenvalue weighted by molar-refractivity contribution is 1.55. The van der Waals surface area contributed by atoms with E-state index in [1.165, 1.54) is 21.7 Å². The molecule has 1 N–H and O–H groups in total. The SMILES string of the molecule is Clc1cccc2cc3[nH]c4ccccc4c3cc12. The molecule has 2 heteroatoms. The van der Waals surface area contributed by atoms with Gasteiger partial charge in [0.15, 0.2) is 0 Å². The Hall–Kier alpha value is -1.99. The van der Waals surface area contributed by atoms with E-state index >= 15 is 0 Å². The molecule has 0 radical (unpaired) electrons. The zero-order chi connectivity index (χ0) is 12.1. The van der Waals surface area contributed by atoms with E-state index in [4.69, 9.17) is 11.6 Å². The molecule has 0 amide bonds. The van der Waals surface area contributed by atoms with Crippen molar-refractivity contribution < 1.29 is 0 Å². The van der Waals surface area contributed by atoms with Crippen molar-refractivity contribution in [3.8, 4) is 0 Å². The fourth-order valence-electron chi connectivity index (χ4n) is 2.59. The summed E-state index contributed by atoms with van der Waals surface area (Å²) in [6.45, 7) is 0. The molecule has 0 aliphatic heterocycles. The summed E-state index contributed by atoms with van der Waals surface area (Å²) in [6, 6.07) is 18.7. The van der Waals surface area contributed by atoms with Crippen molar-refractivity contribution in [1.29, 1.82) is 0 Å². The van der Waals surface area contributed by atoms with Crippen molar-refractivity contribution in [2.24, 2.45) is 0 Å². The number of para-hydroxylation sites is 1. The first-order chi connectivity index (χ1) is 8.83. The lowest BCUT2D eigenvalue weighted by Gasteiger charge is -2.00. The smallest absolute Gasteiger partial charge is 0.0484 e. The molecule has 0 atom stereocenters. The van der Waals surface area contributed by atoms with E-state index in [1.807, 2.05) is 18.2 Å². The van der Waals surface area contributed by atoms with Crippen molar-refractivity contribution in [2.45, 2.75) is 0 Å². The Kier molecular flexibility index (Phi) is 1.94. The second-order valence-corrected chi connectivity index (χ2v) is 4.94. The van der Waals surface area contributed by atoms with Crippen LogP contribution in [0.2, 0.25) is 5.02 Å². The first-order valence-corrected chi connectivity index (χ1v) is 6.29. The van der Waals surface area contributed by atoms with E-state index in [2.05, 4.69) is 41.4 Å². The molecule has 1 nitrogen and oxygen atoms in total. The minimum Gasteiger partial charge on any atom is -0.354 e. The number of nitrogens with one attached hydrogen (secondary N) is 1. The van der Waals surface area contributed by atoms with Crippen LogP contribution in [0.1, 0.15) is 0 Å². The van der Waals surface area contributed by atoms with Crippen LogP contribution in [0.4, 0.5) is 0 Å². The van der Waals surface area contributed by atoms with Gasteiger partial charge in [-0.2, -0.15) is 0 Å². The minimum absolute atomic E-state index is 0.805. The molecule has 1 heterocycles. The van der Waals surface area contributed by atoms with Crippen LogP contribution in [-0.2, 0) is 0 Å². The number of benzene rings is 3. The molecule has 18 heavy (non-hydrogen) atoms. The van der Waals surface area contributed by atoms with Gasteiger partial charge >= 0.3 is 0 Å². The van der Waals surface area contributed by atoms with Gasteiger partial charge in [0.25, 0.3) is 0 Å². The third kappa shape index (κ3) is 1.28. The number of halogens is 1. The van der Waals surface area contributed by atoms with Gasteiger partial charge in [-0.1, -0.05) is 41.9 Å². The second-order valence-electron chi connectivity index (χ2n) is 4.53. The summed E-state index contributed by atoms with van der Waals surface area (Å²) >= 11 is 6.27. The highest BCUT2D eigenvalue weighted by Crippen LogP contribution is 2.32. The maximum atomic E-state index is 6.27. The number of H-pyrrole nitrogens is 1. The molecular formula is C16H10ClN. The Labute approximate surface area is 109 Å². The highest BCUT2D eigenvalue weighted by Gasteiger charge is 2.06.